The quantitative estimate of drug-likeness (QED) is 0.501. The van der Waals surface area contributed by atoms with Crippen molar-refractivity contribution in [1.82, 2.24) is 0 Å². The van der Waals surface area contributed by atoms with Gasteiger partial charge in [0.2, 0.25) is 0 Å². The van der Waals surface area contributed by atoms with Crippen molar-refractivity contribution in [1.29, 1.82) is 0 Å². The summed E-state index contributed by atoms with van der Waals surface area (Å²) >= 11 is 0. The molecule has 0 aromatic carbocycles. The van der Waals surface area contributed by atoms with Crippen LogP contribution >= 0.6 is 0 Å². The topological polar surface area (TPSA) is 38.7 Å². The molecule has 0 aromatic rings. The second-order valence-corrected chi connectivity index (χ2v) is 9.17. The minimum absolute atomic E-state index is 0.0395. The Hall–Kier alpha value is -0.960. The van der Waals surface area contributed by atoms with Gasteiger partial charge in [-0.05, 0) is 75.0 Å². The second kappa shape index (κ2) is 5.27. The smallest absolute Gasteiger partial charge is 0.110 e. The number of nitroso groups, excluding NO2 is 1. The molecule has 24 heavy (non-hydrogen) atoms. The van der Waals surface area contributed by atoms with Gasteiger partial charge in [0.25, 0.3) is 0 Å². The standard InChI is InChI=1S/C21H29NO2/c1-20-10-7-17-16-6-4-15(22-23)13-14(16)3-5-18(17)19(20)8-11-21(20)9-2-12-24-21/h2,9,13,15-19H,3-8,10-12H2,1H3/t15?,16-,17?,18?,19?,20-,21-/m0/s1. The Balaban J connectivity index is 1.44. The Labute approximate surface area is 144 Å². The van der Waals surface area contributed by atoms with Gasteiger partial charge in [-0.2, -0.15) is 4.91 Å². The number of ether oxygens (including phenoxy) is 1. The highest BCUT2D eigenvalue weighted by Crippen LogP contribution is 2.66. The third kappa shape index (κ3) is 1.88. The van der Waals surface area contributed by atoms with Crippen LogP contribution in [0.3, 0.4) is 0 Å². The molecule has 130 valence electrons. The number of fused-ring (bicyclic) bond motifs is 6. The fourth-order valence-corrected chi connectivity index (χ4v) is 7.42. The molecule has 3 fully saturated rings. The summed E-state index contributed by atoms with van der Waals surface area (Å²) in [5, 5.41) is 3.30. The van der Waals surface area contributed by atoms with Gasteiger partial charge in [0.15, 0.2) is 0 Å². The van der Waals surface area contributed by atoms with E-state index in [-0.39, 0.29) is 11.6 Å². The zero-order valence-corrected chi connectivity index (χ0v) is 14.7. The summed E-state index contributed by atoms with van der Waals surface area (Å²) < 4.78 is 6.32. The number of nitrogens with zero attached hydrogens (tertiary/aromatic N) is 1. The van der Waals surface area contributed by atoms with E-state index in [2.05, 4.69) is 30.3 Å². The van der Waals surface area contributed by atoms with Gasteiger partial charge in [-0.25, -0.2) is 0 Å². The molecular weight excluding hydrogens is 298 g/mol. The van der Waals surface area contributed by atoms with Crippen molar-refractivity contribution in [3.63, 3.8) is 0 Å². The van der Waals surface area contributed by atoms with E-state index in [9.17, 15) is 4.91 Å². The highest BCUT2D eigenvalue weighted by Gasteiger charge is 2.63. The largest absolute Gasteiger partial charge is 0.366 e. The first-order valence-corrected chi connectivity index (χ1v) is 10.0. The first kappa shape index (κ1) is 15.3. The van der Waals surface area contributed by atoms with Crippen molar-refractivity contribution in [3.05, 3.63) is 28.7 Å². The Bertz CT molecular complexity index is 611. The highest BCUT2D eigenvalue weighted by atomic mass is 16.5. The molecule has 0 saturated heterocycles. The van der Waals surface area contributed by atoms with Gasteiger partial charge in [0, 0.05) is 5.41 Å². The lowest BCUT2D eigenvalue weighted by molar-refractivity contribution is -0.110. The van der Waals surface area contributed by atoms with Crippen LogP contribution in [0.1, 0.15) is 58.3 Å². The van der Waals surface area contributed by atoms with Crippen LogP contribution in [-0.2, 0) is 4.74 Å². The maximum Gasteiger partial charge on any atom is 0.110 e. The van der Waals surface area contributed by atoms with E-state index in [1.54, 1.807) is 5.57 Å². The van der Waals surface area contributed by atoms with Gasteiger partial charge in [0.1, 0.15) is 6.04 Å². The summed E-state index contributed by atoms with van der Waals surface area (Å²) in [5.74, 6) is 3.27. The molecule has 0 N–H and O–H groups in total. The highest BCUT2D eigenvalue weighted by molar-refractivity contribution is 5.26. The average Bonchev–Trinajstić information content (AvgIpc) is 3.21. The average molecular weight is 327 g/mol. The molecule has 0 bridgehead atoms. The first-order valence-electron chi connectivity index (χ1n) is 10.0. The molecular formula is C21H29NO2. The monoisotopic (exact) mass is 327 g/mol. The summed E-state index contributed by atoms with van der Waals surface area (Å²) in [4.78, 5) is 10.9. The molecule has 5 rings (SSSR count). The van der Waals surface area contributed by atoms with Gasteiger partial charge < -0.3 is 4.74 Å². The molecule has 3 saturated carbocycles. The maximum absolute atomic E-state index is 10.9. The van der Waals surface area contributed by atoms with Gasteiger partial charge >= 0.3 is 0 Å². The molecule has 1 aliphatic heterocycles. The lowest BCUT2D eigenvalue weighted by Crippen LogP contribution is -2.52. The molecule has 3 heteroatoms. The van der Waals surface area contributed by atoms with E-state index in [1.807, 2.05) is 0 Å². The molecule has 0 aromatic heterocycles. The lowest BCUT2D eigenvalue weighted by atomic mass is 9.50. The predicted octanol–water partition coefficient (Wildman–Crippen LogP) is 5.02. The summed E-state index contributed by atoms with van der Waals surface area (Å²) in [7, 11) is 0. The minimum Gasteiger partial charge on any atom is -0.366 e. The van der Waals surface area contributed by atoms with Gasteiger partial charge in [0.05, 0.1) is 12.2 Å². The minimum atomic E-state index is -0.0477. The van der Waals surface area contributed by atoms with Gasteiger partial charge in [-0.15, -0.1) is 0 Å². The van der Waals surface area contributed by atoms with Crippen LogP contribution in [0.5, 0.6) is 0 Å². The predicted molar refractivity (Wildman–Crippen MR) is 94.5 cm³/mol. The normalized spacial score (nSPS) is 52.5. The van der Waals surface area contributed by atoms with Crippen molar-refractivity contribution in [2.24, 2.45) is 34.3 Å². The van der Waals surface area contributed by atoms with Crippen molar-refractivity contribution in [2.45, 2.75) is 69.9 Å². The Morgan fingerprint density at radius 3 is 2.83 bits per heavy atom. The van der Waals surface area contributed by atoms with E-state index in [1.165, 1.54) is 44.9 Å². The number of rotatable bonds is 1. The van der Waals surface area contributed by atoms with Crippen molar-refractivity contribution in [3.8, 4) is 0 Å². The third-order valence-corrected chi connectivity index (χ3v) is 8.57. The number of allylic oxidation sites excluding steroid dienone is 1. The number of hydrogen-bond acceptors (Lipinski definition) is 3. The Kier molecular flexibility index (Phi) is 3.36. The van der Waals surface area contributed by atoms with Crippen LogP contribution in [0.4, 0.5) is 0 Å². The molecule has 7 atom stereocenters. The first-order chi connectivity index (χ1) is 11.7. The van der Waals surface area contributed by atoms with Crippen molar-refractivity contribution < 1.29 is 4.74 Å². The summed E-state index contributed by atoms with van der Waals surface area (Å²) in [5.41, 5.74) is 1.95. The molecule has 1 heterocycles. The molecule has 0 radical (unpaired) electrons. The summed E-state index contributed by atoms with van der Waals surface area (Å²) in [6.07, 6.45) is 16.8. The van der Waals surface area contributed by atoms with E-state index < -0.39 is 0 Å². The fraction of sp³-hybridized carbons (Fsp3) is 0.810. The van der Waals surface area contributed by atoms with E-state index in [0.29, 0.717) is 5.41 Å². The van der Waals surface area contributed by atoms with Crippen LogP contribution < -0.4 is 0 Å². The Morgan fingerprint density at radius 2 is 2.04 bits per heavy atom. The van der Waals surface area contributed by atoms with Crippen molar-refractivity contribution in [2.75, 3.05) is 6.61 Å². The van der Waals surface area contributed by atoms with E-state index >= 15 is 0 Å². The van der Waals surface area contributed by atoms with Crippen LogP contribution in [0, 0.1) is 34.0 Å². The molecule has 0 amide bonds. The van der Waals surface area contributed by atoms with Gasteiger partial charge in [-0.3, -0.25) is 0 Å². The Morgan fingerprint density at radius 1 is 1.12 bits per heavy atom. The van der Waals surface area contributed by atoms with Crippen LogP contribution in [0.15, 0.2) is 29.0 Å². The summed E-state index contributed by atoms with van der Waals surface area (Å²) in [6.45, 7) is 3.33. The third-order valence-electron chi connectivity index (χ3n) is 8.57. The van der Waals surface area contributed by atoms with Crippen molar-refractivity contribution >= 4 is 0 Å². The van der Waals surface area contributed by atoms with Crippen LogP contribution in [-0.4, -0.2) is 18.2 Å². The molecule has 1 spiro atoms. The van der Waals surface area contributed by atoms with E-state index in [4.69, 9.17) is 4.74 Å². The lowest BCUT2D eigenvalue weighted by Gasteiger charge is -2.55. The zero-order chi connectivity index (χ0) is 16.4. The zero-order valence-electron chi connectivity index (χ0n) is 14.7. The van der Waals surface area contributed by atoms with Crippen LogP contribution in [0.25, 0.3) is 0 Å². The second-order valence-electron chi connectivity index (χ2n) is 9.17. The molecule has 4 aliphatic carbocycles. The van der Waals surface area contributed by atoms with E-state index in [0.717, 1.165) is 36.7 Å². The number of hydrogen-bond donors (Lipinski definition) is 0. The summed E-state index contributed by atoms with van der Waals surface area (Å²) in [6, 6.07) is -0.0477. The van der Waals surface area contributed by atoms with Gasteiger partial charge in [-0.1, -0.05) is 35.9 Å². The molecule has 3 nitrogen and oxygen atoms in total. The van der Waals surface area contributed by atoms with Crippen LogP contribution in [0.2, 0.25) is 0 Å². The fourth-order valence-electron chi connectivity index (χ4n) is 7.42. The SMILES string of the molecule is C[C@]12CCC3C(CCC4=CC(N=O)CC[C@@H]43)C1CC[C@@]21C=CCO1. The molecule has 4 unspecified atom stereocenters. The maximum atomic E-state index is 10.9. The molecule has 5 aliphatic rings.